The van der Waals surface area contributed by atoms with Crippen molar-refractivity contribution < 1.29 is 4.39 Å². The quantitative estimate of drug-likeness (QED) is 0.805. The Bertz CT molecular complexity index is 521. The first-order valence-corrected chi connectivity index (χ1v) is 6.20. The van der Waals surface area contributed by atoms with Crippen molar-refractivity contribution in [3.05, 3.63) is 57.5 Å². The predicted octanol–water partition coefficient (Wildman–Crippen LogP) is 3.04. The molecule has 0 amide bonds. The minimum Gasteiger partial charge on any atom is -0.317 e. The standard InChI is InChI=1S/C13H12FNS/c14-10-3-4-11-9(8-10)5-6-13(11,15)12-2-1-7-16-12/h1-4,7-8H,5-6,15H2. The van der Waals surface area contributed by atoms with Crippen molar-refractivity contribution in [2.75, 3.05) is 0 Å². The molecule has 82 valence electrons. The highest BCUT2D eigenvalue weighted by atomic mass is 32.1. The molecule has 1 aromatic carbocycles. The summed E-state index contributed by atoms with van der Waals surface area (Å²) < 4.78 is 13.1. The van der Waals surface area contributed by atoms with Gasteiger partial charge in [0.1, 0.15) is 5.82 Å². The van der Waals surface area contributed by atoms with Crippen LogP contribution in [0.2, 0.25) is 0 Å². The van der Waals surface area contributed by atoms with E-state index in [4.69, 9.17) is 5.73 Å². The number of hydrogen-bond acceptors (Lipinski definition) is 2. The lowest BCUT2D eigenvalue weighted by atomic mass is 9.91. The number of hydrogen-bond donors (Lipinski definition) is 1. The zero-order valence-electron chi connectivity index (χ0n) is 8.74. The van der Waals surface area contributed by atoms with Gasteiger partial charge in [-0.05, 0) is 47.5 Å². The molecule has 1 aliphatic rings. The van der Waals surface area contributed by atoms with E-state index in [0.717, 1.165) is 28.8 Å². The number of halogens is 1. The highest BCUT2D eigenvalue weighted by Crippen LogP contribution is 2.41. The normalized spacial score (nSPS) is 23.4. The average molecular weight is 233 g/mol. The van der Waals surface area contributed by atoms with Crippen LogP contribution in [0.15, 0.2) is 35.7 Å². The van der Waals surface area contributed by atoms with Crippen LogP contribution in [0.5, 0.6) is 0 Å². The second-order valence-corrected chi connectivity index (χ2v) is 5.20. The van der Waals surface area contributed by atoms with Crippen LogP contribution in [0.1, 0.15) is 22.4 Å². The van der Waals surface area contributed by atoms with Gasteiger partial charge in [-0.25, -0.2) is 4.39 Å². The molecule has 0 saturated heterocycles. The van der Waals surface area contributed by atoms with Gasteiger partial charge < -0.3 is 5.73 Å². The topological polar surface area (TPSA) is 26.0 Å². The first-order valence-electron chi connectivity index (χ1n) is 5.32. The molecular weight excluding hydrogens is 221 g/mol. The third-order valence-electron chi connectivity index (χ3n) is 3.30. The summed E-state index contributed by atoms with van der Waals surface area (Å²) >= 11 is 1.67. The lowest BCUT2D eigenvalue weighted by Gasteiger charge is -2.24. The van der Waals surface area contributed by atoms with E-state index in [1.54, 1.807) is 17.4 Å². The molecule has 2 aromatic rings. The Kier molecular flexibility index (Phi) is 2.13. The molecule has 3 heteroatoms. The Balaban J connectivity index is 2.15. The zero-order chi connectivity index (χ0) is 11.2. The summed E-state index contributed by atoms with van der Waals surface area (Å²) in [6.07, 6.45) is 1.73. The van der Waals surface area contributed by atoms with Crippen molar-refractivity contribution in [3.8, 4) is 0 Å². The van der Waals surface area contributed by atoms with Gasteiger partial charge in [0.05, 0.1) is 5.54 Å². The van der Waals surface area contributed by atoms with Crippen LogP contribution in [0.3, 0.4) is 0 Å². The van der Waals surface area contributed by atoms with Gasteiger partial charge >= 0.3 is 0 Å². The molecule has 1 atom stereocenters. The maximum atomic E-state index is 13.1. The summed E-state index contributed by atoms with van der Waals surface area (Å²) in [5, 5.41) is 2.03. The Morgan fingerprint density at radius 2 is 2.19 bits per heavy atom. The van der Waals surface area contributed by atoms with Crippen LogP contribution in [0.25, 0.3) is 0 Å². The number of rotatable bonds is 1. The Morgan fingerprint density at radius 3 is 2.94 bits per heavy atom. The smallest absolute Gasteiger partial charge is 0.123 e. The molecular formula is C13H12FNS. The molecule has 16 heavy (non-hydrogen) atoms. The predicted molar refractivity (Wildman–Crippen MR) is 64.0 cm³/mol. The summed E-state index contributed by atoms with van der Waals surface area (Å²) in [7, 11) is 0. The van der Waals surface area contributed by atoms with Gasteiger partial charge in [-0.3, -0.25) is 0 Å². The Labute approximate surface area is 97.7 Å². The molecule has 1 aliphatic carbocycles. The van der Waals surface area contributed by atoms with Crippen molar-refractivity contribution in [1.29, 1.82) is 0 Å². The van der Waals surface area contributed by atoms with Crippen molar-refractivity contribution in [2.45, 2.75) is 18.4 Å². The molecule has 2 N–H and O–H groups in total. The van der Waals surface area contributed by atoms with Gasteiger partial charge in [0.2, 0.25) is 0 Å². The molecule has 0 saturated carbocycles. The summed E-state index contributed by atoms with van der Waals surface area (Å²) in [6, 6.07) is 9.01. The van der Waals surface area contributed by atoms with E-state index in [2.05, 4.69) is 6.07 Å². The minimum absolute atomic E-state index is 0.172. The number of benzene rings is 1. The highest BCUT2D eigenvalue weighted by Gasteiger charge is 2.37. The second-order valence-electron chi connectivity index (χ2n) is 4.25. The van der Waals surface area contributed by atoms with E-state index in [-0.39, 0.29) is 5.82 Å². The molecule has 1 nitrogen and oxygen atoms in total. The van der Waals surface area contributed by atoms with Gasteiger partial charge in [-0.15, -0.1) is 11.3 Å². The number of thiophene rings is 1. The molecule has 1 aromatic heterocycles. The van der Waals surface area contributed by atoms with E-state index in [9.17, 15) is 4.39 Å². The first kappa shape index (κ1) is 10.00. The third-order valence-corrected chi connectivity index (χ3v) is 4.34. The first-order chi connectivity index (χ1) is 7.70. The molecule has 1 unspecified atom stereocenters. The lowest BCUT2D eigenvalue weighted by Crippen LogP contribution is -2.34. The number of aryl methyl sites for hydroxylation is 1. The van der Waals surface area contributed by atoms with E-state index in [0.29, 0.717) is 0 Å². The van der Waals surface area contributed by atoms with Crippen LogP contribution in [-0.4, -0.2) is 0 Å². The van der Waals surface area contributed by atoms with Crippen molar-refractivity contribution >= 4 is 11.3 Å². The number of nitrogens with two attached hydrogens (primary N) is 1. The van der Waals surface area contributed by atoms with Crippen molar-refractivity contribution in [1.82, 2.24) is 0 Å². The third kappa shape index (κ3) is 1.32. The fourth-order valence-corrected chi connectivity index (χ4v) is 3.34. The van der Waals surface area contributed by atoms with Gasteiger partial charge in [0.25, 0.3) is 0 Å². The Morgan fingerprint density at radius 1 is 1.31 bits per heavy atom. The van der Waals surface area contributed by atoms with Crippen LogP contribution < -0.4 is 5.73 Å². The molecule has 0 radical (unpaired) electrons. The fraction of sp³-hybridized carbons (Fsp3) is 0.231. The van der Waals surface area contributed by atoms with Crippen LogP contribution in [-0.2, 0) is 12.0 Å². The molecule has 1 heterocycles. The van der Waals surface area contributed by atoms with E-state index in [1.807, 2.05) is 17.5 Å². The summed E-state index contributed by atoms with van der Waals surface area (Å²) in [6.45, 7) is 0. The maximum Gasteiger partial charge on any atom is 0.123 e. The maximum absolute atomic E-state index is 13.1. The fourth-order valence-electron chi connectivity index (χ4n) is 2.46. The van der Waals surface area contributed by atoms with Crippen molar-refractivity contribution in [2.24, 2.45) is 5.73 Å². The van der Waals surface area contributed by atoms with Crippen LogP contribution >= 0.6 is 11.3 Å². The minimum atomic E-state index is -0.406. The number of fused-ring (bicyclic) bond motifs is 1. The highest BCUT2D eigenvalue weighted by molar-refractivity contribution is 7.10. The van der Waals surface area contributed by atoms with Gasteiger partial charge in [-0.2, -0.15) is 0 Å². The molecule has 0 bridgehead atoms. The monoisotopic (exact) mass is 233 g/mol. The second kappa shape index (κ2) is 3.40. The summed E-state index contributed by atoms with van der Waals surface area (Å²) in [4.78, 5) is 1.16. The lowest BCUT2D eigenvalue weighted by molar-refractivity contribution is 0.545. The van der Waals surface area contributed by atoms with Crippen molar-refractivity contribution in [3.63, 3.8) is 0 Å². The largest absolute Gasteiger partial charge is 0.317 e. The van der Waals surface area contributed by atoms with E-state index < -0.39 is 5.54 Å². The SMILES string of the molecule is NC1(c2cccs2)CCc2cc(F)ccc21. The van der Waals surface area contributed by atoms with E-state index in [1.165, 1.54) is 6.07 Å². The molecule has 3 rings (SSSR count). The van der Waals surface area contributed by atoms with Gasteiger partial charge in [-0.1, -0.05) is 12.1 Å². The van der Waals surface area contributed by atoms with Gasteiger partial charge in [0.15, 0.2) is 0 Å². The van der Waals surface area contributed by atoms with Crippen LogP contribution in [0, 0.1) is 5.82 Å². The van der Waals surface area contributed by atoms with E-state index >= 15 is 0 Å². The van der Waals surface area contributed by atoms with Gasteiger partial charge in [0, 0.05) is 4.88 Å². The molecule has 0 fully saturated rings. The van der Waals surface area contributed by atoms with Crippen LogP contribution in [0.4, 0.5) is 4.39 Å². The average Bonchev–Trinajstić information content (AvgIpc) is 2.87. The molecule has 0 aliphatic heterocycles. The molecule has 0 spiro atoms. The Hall–Kier alpha value is -1.19. The summed E-state index contributed by atoms with van der Waals surface area (Å²) in [5.74, 6) is -0.172. The zero-order valence-corrected chi connectivity index (χ0v) is 9.56. The summed E-state index contributed by atoms with van der Waals surface area (Å²) in [5.41, 5.74) is 8.20.